The van der Waals surface area contributed by atoms with Gasteiger partial charge in [0.25, 0.3) is 0 Å². The molecule has 0 aliphatic carbocycles. The van der Waals surface area contributed by atoms with Crippen LogP contribution in [0.25, 0.3) is 10.8 Å². The first-order valence-corrected chi connectivity index (χ1v) is 6.97. The number of nitrogens with two attached hydrogens (primary N) is 2. The van der Waals surface area contributed by atoms with E-state index in [1.807, 2.05) is 12.3 Å². The second kappa shape index (κ2) is 7.17. The van der Waals surface area contributed by atoms with Crippen molar-refractivity contribution in [3.8, 4) is 0 Å². The topological polar surface area (TPSA) is 98.5 Å². The molecule has 23 heavy (non-hydrogen) atoms. The lowest BCUT2D eigenvalue weighted by molar-refractivity contribution is 0.0991. The van der Waals surface area contributed by atoms with Crippen LogP contribution >= 0.6 is 0 Å². The fourth-order valence-corrected chi connectivity index (χ4v) is 2.00. The lowest BCUT2D eigenvalue weighted by atomic mass is 10.0. The monoisotopic (exact) mass is 307 g/mol. The lowest BCUT2D eigenvalue weighted by Crippen LogP contribution is -2.11. The van der Waals surface area contributed by atoms with Crippen LogP contribution in [0.2, 0.25) is 0 Å². The maximum atomic E-state index is 11.0. The van der Waals surface area contributed by atoms with Crippen LogP contribution in [-0.2, 0) is 0 Å². The van der Waals surface area contributed by atoms with E-state index in [-0.39, 0.29) is 0 Å². The maximum Gasteiger partial charge on any atom is 0.248 e. The fourth-order valence-electron chi connectivity index (χ4n) is 2.00. The molecule has 1 heterocycles. The summed E-state index contributed by atoms with van der Waals surface area (Å²) in [4.78, 5) is 25.8. The zero-order valence-corrected chi connectivity index (χ0v) is 12.5. The van der Waals surface area contributed by atoms with Crippen molar-refractivity contribution in [2.24, 2.45) is 16.5 Å². The van der Waals surface area contributed by atoms with E-state index in [0.717, 1.165) is 22.8 Å². The zero-order chi connectivity index (χ0) is 16.8. The molecule has 2 aromatic carbocycles. The molecule has 2 aromatic rings. The van der Waals surface area contributed by atoms with Gasteiger partial charge in [-0.1, -0.05) is 18.7 Å². The minimum absolute atomic E-state index is 0.444. The summed E-state index contributed by atoms with van der Waals surface area (Å²) in [5.41, 5.74) is 12.4. The minimum atomic E-state index is -0.471. The van der Waals surface area contributed by atoms with Crippen LogP contribution in [0.5, 0.6) is 0 Å². The van der Waals surface area contributed by atoms with E-state index in [1.54, 1.807) is 42.6 Å². The van der Waals surface area contributed by atoms with Crippen molar-refractivity contribution in [3.63, 3.8) is 0 Å². The van der Waals surface area contributed by atoms with Gasteiger partial charge in [-0.2, -0.15) is 0 Å². The number of carbonyl (C=O) groups is 2. The highest BCUT2D eigenvalue weighted by Gasteiger charge is 2.04. The minimum Gasteiger partial charge on any atom is -0.366 e. The van der Waals surface area contributed by atoms with Crippen LogP contribution in [0.15, 0.2) is 65.8 Å². The SMILES string of the molecule is C=C1C=CN=CC1.NC(=O)c1ccc2cc(C(N)=O)ccc2c1. The second-order valence-corrected chi connectivity index (χ2v) is 5.01. The number of benzene rings is 2. The van der Waals surface area contributed by atoms with E-state index >= 15 is 0 Å². The van der Waals surface area contributed by atoms with Crippen LogP contribution < -0.4 is 11.5 Å². The molecule has 0 atom stereocenters. The third kappa shape index (κ3) is 4.38. The molecule has 0 radical (unpaired) electrons. The number of primary amides is 2. The highest BCUT2D eigenvalue weighted by atomic mass is 16.1. The Balaban J connectivity index is 0.000000229. The summed E-state index contributed by atoms with van der Waals surface area (Å²) in [6.07, 6.45) is 6.44. The fraction of sp³-hybridized carbons (Fsp3) is 0.0556. The van der Waals surface area contributed by atoms with Gasteiger partial charge in [-0.05, 0) is 46.7 Å². The van der Waals surface area contributed by atoms with Crippen molar-refractivity contribution >= 4 is 28.8 Å². The van der Waals surface area contributed by atoms with Crippen molar-refractivity contribution in [1.29, 1.82) is 0 Å². The Morgan fingerprint density at radius 1 is 0.957 bits per heavy atom. The highest BCUT2D eigenvalue weighted by molar-refractivity contribution is 6.00. The normalized spacial score (nSPS) is 12.6. The van der Waals surface area contributed by atoms with Gasteiger partial charge in [-0.3, -0.25) is 14.6 Å². The van der Waals surface area contributed by atoms with Crippen molar-refractivity contribution < 1.29 is 9.59 Å². The number of rotatable bonds is 2. The van der Waals surface area contributed by atoms with Crippen LogP contribution in [0.4, 0.5) is 0 Å². The van der Waals surface area contributed by atoms with Gasteiger partial charge in [0.15, 0.2) is 0 Å². The van der Waals surface area contributed by atoms with Crippen molar-refractivity contribution in [2.45, 2.75) is 6.42 Å². The number of hydrogen-bond acceptors (Lipinski definition) is 3. The van der Waals surface area contributed by atoms with E-state index in [1.165, 1.54) is 0 Å². The van der Waals surface area contributed by atoms with Crippen LogP contribution in [0.1, 0.15) is 27.1 Å². The zero-order valence-electron chi connectivity index (χ0n) is 12.5. The molecule has 2 amide bonds. The first-order valence-electron chi connectivity index (χ1n) is 6.97. The Labute approximate surface area is 134 Å². The summed E-state index contributed by atoms with van der Waals surface area (Å²) in [6.45, 7) is 3.74. The molecular weight excluding hydrogens is 290 g/mol. The summed E-state index contributed by atoms with van der Waals surface area (Å²) in [7, 11) is 0. The largest absolute Gasteiger partial charge is 0.366 e. The average molecular weight is 307 g/mol. The first-order chi connectivity index (χ1) is 11.0. The molecule has 0 bridgehead atoms. The Morgan fingerprint density at radius 2 is 1.48 bits per heavy atom. The van der Waals surface area contributed by atoms with Gasteiger partial charge in [0.2, 0.25) is 11.8 Å². The molecule has 0 aromatic heterocycles. The number of fused-ring (bicyclic) bond motifs is 1. The molecule has 1 aliphatic heterocycles. The molecule has 4 N–H and O–H groups in total. The number of amides is 2. The second-order valence-electron chi connectivity index (χ2n) is 5.01. The van der Waals surface area contributed by atoms with Gasteiger partial charge in [-0.25, -0.2) is 0 Å². The predicted octanol–water partition coefficient (Wildman–Crippen LogP) is 2.57. The summed E-state index contributed by atoms with van der Waals surface area (Å²) in [6, 6.07) is 10.1. The summed E-state index contributed by atoms with van der Waals surface area (Å²) >= 11 is 0. The van der Waals surface area contributed by atoms with Crippen molar-refractivity contribution in [3.05, 3.63) is 72.0 Å². The van der Waals surface area contributed by atoms with E-state index in [9.17, 15) is 9.59 Å². The lowest BCUT2D eigenvalue weighted by Gasteiger charge is -2.02. The van der Waals surface area contributed by atoms with Gasteiger partial charge < -0.3 is 11.5 Å². The molecule has 5 heteroatoms. The van der Waals surface area contributed by atoms with Gasteiger partial charge in [0.1, 0.15) is 0 Å². The number of nitrogens with zero attached hydrogens (tertiary/aromatic N) is 1. The third-order valence-electron chi connectivity index (χ3n) is 3.26. The maximum absolute atomic E-state index is 11.0. The van der Waals surface area contributed by atoms with Gasteiger partial charge in [0.05, 0.1) is 0 Å². The summed E-state index contributed by atoms with van der Waals surface area (Å²) in [5.74, 6) is -0.943. The molecule has 5 nitrogen and oxygen atoms in total. The molecule has 0 saturated heterocycles. The van der Waals surface area contributed by atoms with Crippen molar-refractivity contribution in [2.75, 3.05) is 0 Å². The number of carbonyl (C=O) groups excluding carboxylic acids is 2. The van der Waals surface area contributed by atoms with Crippen LogP contribution in [0.3, 0.4) is 0 Å². The van der Waals surface area contributed by atoms with E-state index in [0.29, 0.717) is 11.1 Å². The molecule has 3 rings (SSSR count). The quantitative estimate of drug-likeness (QED) is 0.891. The molecule has 1 aliphatic rings. The average Bonchev–Trinajstić information content (AvgIpc) is 2.55. The Morgan fingerprint density at radius 3 is 1.78 bits per heavy atom. The van der Waals surface area contributed by atoms with Gasteiger partial charge in [-0.15, -0.1) is 0 Å². The molecule has 0 saturated carbocycles. The number of hydrogen-bond donors (Lipinski definition) is 2. The van der Waals surface area contributed by atoms with Crippen LogP contribution in [0, 0.1) is 0 Å². The Bertz CT molecular complexity index is 782. The first kappa shape index (κ1) is 16.2. The standard InChI is InChI=1S/C12H10N2O2.C6H7N/c13-11(15)9-3-1-7-5-10(12(14)16)4-2-8(7)6-9;1-6-2-4-7-5-3-6/h1-6H,(H2,13,15)(H2,14,16);2,4-5H,1,3H2. The van der Waals surface area contributed by atoms with Gasteiger partial charge in [0, 0.05) is 30.0 Å². The Kier molecular flexibility index (Phi) is 5.04. The smallest absolute Gasteiger partial charge is 0.248 e. The van der Waals surface area contributed by atoms with E-state index in [2.05, 4.69) is 11.6 Å². The molecular formula is C18H17N3O2. The highest BCUT2D eigenvalue weighted by Crippen LogP contribution is 2.17. The molecule has 0 spiro atoms. The number of allylic oxidation sites excluding steroid dienone is 2. The van der Waals surface area contributed by atoms with Crippen molar-refractivity contribution in [1.82, 2.24) is 0 Å². The summed E-state index contributed by atoms with van der Waals surface area (Å²) in [5, 5.41) is 1.70. The molecule has 0 fully saturated rings. The van der Waals surface area contributed by atoms with Crippen LogP contribution in [-0.4, -0.2) is 18.0 Å². The Hall–Kier alpha value is -3.21. The number of aliphatic imine (C=N–C) groups is 1. The summed E-state index contributed by atoms with van der Waals surface area (Å²) < 4.78 is 0. The molecule has 0 unspecified atom stereocenters. The predicted molar refractivity (Wildman–Crippen MR) is 92.4 cm³/mol. The molecule has 116 valence electrons. The van der Waals surface area contributed by atoms with Gasteiger partial charge >= 0.3 is 0 Å². The third-order valence-corrected chi connectivity index (χ3v) is 3.26. The van der Waals surface area contributed by atoms with E-state index < -0.39 is 11.8 Å². The van der Waals surface area contributed by atoms with E-state index in [4.69, 9.17) is 11.5 Å².